The summed E-state index contributed by atoms with van der Waals surface area (Å²) in [6, 6.07) is 12.3. The van der Waals surface area contributed by atoms with Crippen LogP contribution < -0.4 is 5.73 Å². The Balaban J connectivity index is 1.51. The van der Waals surface area contributed by atoms with E-state index in [2.05, 4.69) is 41.3 Å². The molecule has 5 nitrogen and oxygen atoms in total. The first kappa shape index (κ1) is 17.4. The molecular weight excluding hydrogens is 314 g/mol. The minimum Gasteiger partial charge on any atom is -0.387 e. The molecule has 1 unspecified atom stereocenters. The molecule has 0 aliphatic carbocycles. The Morgan fingerprint density at radius 1 is 1.20 bits per heavy atom. The summed E-state index contributed by atoms with van der Waals surface area (Å²) in [5, 5.41) is 4.23. The lowest BCUT2D eigenvalue weighted by Crippen LogP contribution is -2.06. The van der Waals surface area contributed by atoms with Gasteiger partial charge in [-0.05, 0) is 29.7 Å². The molecule has 0 fully saturated rings. The van der Waals surface area contributed by atoms with Crippen molar-refractivity contribution in [3.63, 3.8) is 0 Å². The number of nitrogens with two attached hydrogens (primary N) is 1. The minimum atomic E-state index is -0.130. The molecule has 0 radical (unpaired) electrons. The first-order chi connectivity index (χ1) is 12.3. The van der Waals surface area contributed by atoms with E-state index >= 15 is 0 Å². The second-order valence-corrected chi connectivity index (χ2v) is 6.33. The van der Waals surface area contributed by atoms with Crippen molar-refractivity contribution in [1.29, 1.82) is 0 Å². The van der Waals surface area contributed by atoms with Gasteiger partial charge in [-0.15, -0.1) is 0 Å². The average molecular weight is 339 g/mol. The number of ether oxygens (including phenoxy) is 1. The predicted molar refractivity (Wildman–Crippen MR) is 99.2 cm³/mol. The van der Waals surface area contributed by atoms with Gasteiger partial charge in [0.05, 0.1) is 12.3 Å². The van der Waals surface area contributed by atoms with E-state index in [1.807, 2.05) is 12.1 Å². The lowest BCUT2D eigenvalue weighted by Gasteiger charge is -2.10. The van der Waals surface area contributed by atoms with Crippen LogP contribution in [0.2, 0.25) is 0 Å². The molecule has 1 aromatic heterocycles. The maximum atomic E-state index is 5.92. The quantitative estimate of drug-likeness (QED) is 0.737. The van der Waals surface area contributed by atoms with Gasteiger partial charge in [0.2, 0.25) is 0 Å². The largest absolute Gasteiger partial charge is 0.387 e. The van der Waals surface area contributed by atoms with Crippen molar-refractivity contribution < 1.29 is 9.57 Å². The van der Waals surface area contributed by atoms with E-state index in [1.165, 1.54) is 11.1 Å². The zero-order valence-corrected chi connectivity index (χ0v) is 14.6. The first-order valence-corrected chi connectivity index (χ1v) is 8.83. The fourth-order valence-corrected chi connectivity index (χ4v) is 2.83. The summed E-state index contributed by atoms with van der Waals surface area (Å²) >= 11 is 0. The fourth-order valence-electron chi connectivity index (χ4n) is 2.83. The van der Waals surface area contributed by atoms with Gasteiger partial charge in [-0.1, -0.05) is 42.8 Å². The summed E-state index contributed by atoms with van der Waals surface area (Å²) in [6.07, 6.45) is 5.36. The van der Waals surface area contributed by atoms with Crippen molar-refractivity contribution >= 4 is 11.5 Å². The third-order valence-electron chi connectivity index (χ3n) is 4.29. The zero-order chi connectivity index (χ0) is 17.5. The van der Waals surface area contributed by atoms with E-state index in [0.29, 0.717) is 12.4 Å². The average Bonchev–Trinajstić information content (AvgIpc) is 3.09. The number of rotatable bonds is 8. The number of hydrogen-bond donors (Lipinski definition) is 1. The summed E-state index contributed by atoms with van der Waals surface area (Å²) in [5.74, 6) is 0.511. The van der Waals surface area contributed by atoms with Crippen LogP contribution in [0.3, 0.4) is 0 Å². The molecule has 2 aromatic rings. The number of nitrogen functional groups attached to an aromatic ring is 1. The van der Waals surface area contributed by atoms with Crippen molar-refractivity contribution in [3.05, 3.63) is 59.3 Å². The zero-order valence-electron chi connectivity index (χ0n) is 14.6. The third kappa shape index (κ3) is 4.79. The SMILES string of the molecule is CCCCOCc1ccc(CC2=NOC(c3cccnc3N)C2)cc1. The van der Waals surface area contributed by atoms with E-state index in [1.54, 1.807) is 6.20 Å². The van der Waals surface area contributed by atoms with Crippen molar-refractivity contribution in [2.24, 2.45) is 5.16 Å². The molecule has 0 saturated carbocycles. The van der Waals surface area contributed by atoms with E-state index < -0.39 is 0 Å². The Labute approximate surface area is 148 Å². The van der Waals surface area contributed by atoms with Gasteiger partial charge in [0.1, 0.15) is 5.82 Å². The lowest BCUT2D eigenvalue weighted by atomic mass is 10.00. The van der Waals surface area contributed by atoms with Crippen LogP contribution in [0.15, 0.2) is 47.8 Å². The van der Waals surface area contributed by atoms with Crippen LogP contribution in [0.5, 0.6) is 0 Å². The van der Waals surface area contributed by atoms with Gasteiger partial charge < -0.3 is 15.3 Å². The van der Waals surface area contributed by atoms with E-state index in [9.17, 15) is 0 Å². The smallest absolute Gasteiger partial charge is 0.161 e. The van der Waals surface area contributed by atoms with Crippen LogP contribution in [-0.4, -0.2) is 17.3 Å². The second kappa shape index (κ2) is 8.62. The monoisotopic (exact) mass is 339 g/mol. The third-order valence-corrected chi connectivity index (χ3v) is 4.29. The van der Waals surface area contributed by atoms with E-state index in [4.69, 9.17) is 15.3 Å². The predicted octanol–water partition coefficient (Wildman–Crippen LogP) is 4.04. The van der Waals surface area contributed by atoms with Crippen molar-refractivity contribution in [1.82, 2.24) is 4.98 Å². The van der Waals surface area contributed by atoms with Gasteiger partial charge in [-0.3, -0.25) is 0 Å². The molecule has 1 aliphatic heterocycles. The number of unbranched alkanes of at least 4 members (excludes halogenated alkanes) is 1. The number of aromatic nitrogens is 1. The summed E-state index contributed by atoms with van der Waals surface area (Å²) in [7, 11) is 0. The summed E-state index contributed by atoms with van der Waals surface area (Å²) in [6.45, 7) is 3.67. The molecule has 1 aromatic carbocycles. The number of oxime groups is 1. The number of nitrogens with zero attached hydrogens (tertiary/aromatic N) is 2. The summed E-state index contributed by atoms with van der Waals surface area (Å²) < 4.78 is 5.65. The second-order valence-electron chi connectivity index (χ2n) is 6.33. The van der Waals surface area contributed by atoms with Crippen molar-refractivity contribution in [2.75, 3.05) is 12.3 Å². The van der Waals surface area contributed by atoms with Crippen LogP contribution in [0.1, 0.15) is 49.0 Å². The maximum Gasteiger partial charge on any atom is 0.161 e. The Morgan fingerprint density at radius 2 is 2.00 bits per heavy atom. The number of anilines is 1. The fraction of sp³-hybridized carbons (Fsp3) is 0.400. The maximum absolute atomic E-state index is 5.92. The van der Waals surface area contributed by atoms with Gasteiger partial charge in [0.15, 0.2) is 6.10 Å². The Bertz CT molecular complexity index is 713. The Kier molecular flexibility index (Phi) is 6.01. The molecular formula is C20H25N3O2. The molecule has 1 atom stereocenters. The summed E-state index contributed by atoms with van der Waals surface area (Å²) in [5.41, 5.74) is 10.3. The van der Waals surface area contributed by atoms with Crippen LogP contribution in [0.25, 0.3) is 0 Å². The van der Waals surface area contributed by atoms with Gasteiger partial charge in [-0.2, -0.15) is 0 Å². The highest BCUT2D eigenvalue weighted by atomic mass is 16.6. The van der Waals surface area contributed by atoms with Gasteiger partial charge >= 0.3 is 0 Å². The molecule has 25 heavy (non-hydrogen) atoms. The molecule has 3 rings (SSSR count). The molecule has 5 heteroatoms. The number of hydrogen-bond acceptors (Lipinski definition) is 5. The number of pyridine rings is 1. The van der Waals surface area contributed by atoms with Gasteiger partial charge in [0, 0.05) is 31.2 Å². The Hall–Kier alpha value is -2.40. The van der Waals surface area contributed by atoms with Crippen LogP contribution >= 0.6 is 0 Å². The molecule has 132 valence electrons. The molecule has 0 spiro atoms. The lowest BCUT2D eigenvalue weighted by molar-refractivity contribution is 0.0860. The summed E-state index contributed by atoms with van der Waals surface area (Å²) in [4.78, 5) is 9.67. The minimum absolute atomic E-state index is 0.130. The molecule has 0 saturated heterocycles. The number of benzene rings is 1. The highest BCUT2D eigenvalue weighted by molar-refractivity contribution is 5.87. The normalized spacial score (nSPS) is 16.5. The van der Waals surface area contributed by atoms with E-state index in [0.717, 1.165) is 43.6 Å². The van der Waals surface area contributed by atoms with Gasteiger partial charge in [0.25, 0.3) is 0 Å². The molecule has 0 amide bonds. The molecule has 2 N–H and O–H groups in total. The molecule has 2 heterocycles. The van der Waals surface area contributed by atoms with Crippen molar-refractivity contribution in [2.45, 2.75) is 45.3 Å². The molecule has 1 aliphatic rings. The van der Waals surface area contributed by atoms with Crippen molar-refractivity contribution in [3.8, 4) is 0 Å². The topological polar surface area (TPSA) is 69.7 Å². The molecule has 0 bridgehead atoms. The van der Waals surface area contributed by atoms with Crippen LogP contribution in [-0.2, 0) is 22.6 Å². The standard InChI is InChI=1S/C20H25N3O2/c1-2-3-11-24-14-16-8-6-15(7-9-16)12-17-13-19(25-23-17)18-5-4-10-22-20(18)21/h4-10,19H,2-3,11-14H2,1H3,(H2,21,22). The first-order valence-electron chi connectivity index (χ1n) is 8.83. The van der Waals surface area contributed by atoms with E-state index in [-0.39, 0.29) is 6.10 Å². The highest BCUT2D eigenvalue weighted by Crippen LogP contribution is 2.30. The van der Waals surface area contributed by atoms with Crippen LogP contribution in [0, 0.1) is 0 Å². The van der Waals surface area contributed by atoms with Gasteiger partial charge in [-0.25, -0.2) is 4.98 Å². The van der Waals surface area contributed by atoms with Crippen LogP contribution in [0.4, 0.5) is 5.82 Å². The Morgan fingerprint density at radius 3 is 2.76 bits per heavy atom. The highest BCUT2D eigenvalue weighted by Gasteiger charge is 2.24.